The van der Waals surface area contributed by atoms with Gasteiger partial charge in [-0.2, -0.15) is 0 Å². The van der Waals surface area contributed by atoms with E-state index in [9.17, 15) is 9.59 Å². The van der Waals surface area contributed by atoms with Crippen molar-refractivity contribution in [3.63, 3.8) is 0 Å². The molecular formula is C33H26N2O3. The molecule has 0 saturated heterocycles. The van der Waals surface area contributed by atoms with Crippen LogP contribution in [0.25, 0.3) is 11.1 Å². The van der Waals surface area contributed by atoms with E-state index in [1.165, 1.54) is 0 Å². The number of rotatable bonds is 8. The molecule has 2 N–H and O–H groups in total. The Morgan fingerprint density at radius 2 is 1.11 bits per heavy atom. The number of carbonyl (C=O) groups is 2. The molecule has 0 unspecified atom stereocenters. The molecule has 0 saturated carbocycles. The second-order valence-corrected chi connectivity index (χ2v) is 8.66. The monoisotopic (exact) mass is 498 g/mol. The maximum Gasteiger partial charge on any atom is 0.256 e. The van der Waals surface area contributed by atoms with E-state index in [0.29, 0.717) is 46.0 Å². The summed E-state index contributed by atoms with van der Waals surface area (Å²) in [5, 5.41) is 5.96. The molecule has 0 aliphatic heterocycles. The summed E-state index contributed by atoms with van der Waals surface area (Å²) in [6.07, 6.45) is 0. The molecule has 2 amide bonds. The molecule has 0 radical (unpaired) electrons. The average molecular weight is 499 g/mol. The van der Waals surface area contributed by atoms with Crippen molar-refractivity contribution in [1.29, 1.82) is 0 Å². The van der Waals surface area contributed by atoms with Gasteiger partial charge in [-0.15, -0.1) is 0 Å². The highest BCUT2D eigenvalue weighted by atomic mass is 16.5. The van der Waals surface area contributed by atoms with Crippen molar-refractivity contribution >= 4 is 17.5 Å². The largest absolute Gasteiger partial charge is 0.457 e. The Morgan fingerprint density at radius 3 is 1.79 bits per heavy atom. The zero-order chi connectivity index (χ0) is 26.2. The summed E-state index contributed by atoms with van der Waals surface area (Å²) in [6.45, 7) is 0.414. The molecule has 0 spiro atoms. The van der Waals surface area contributed by atoms with E-state index in [1.807, 2.05) is 115 Å². The third kappa shape index (κ3) is 5.97. The number of nitrogens with one attached hydrogen (secondary N) is 2. The van der Waals surface area contributed by atoms with Crippen LogP contribution < -0.4 is 15.4 Å². The predicted octanol–water partition coefficient (Wildman–Crippen LogP) is 7.33. The Bertz CT molecular complexity index is 1550. The summed E-state index contributed by atoms with van der Waals surface area (Å²) in [5.41, 5.74) is 3.94. The van der Waals surface area contributed by atoms with E-state index in [-0.39, 0.29) is 11.8 Å². The molecule has 5 heteroatoms. The first-order valence-electron chi connectivity index (χ1n) is 12.3. The van der Waals surface area contributed by atoms with Crippen molar-refractivity contribution in [3.05, 3.63) is 150 Å². The van der Waals surface area contributed by atoms with Crippen molar-refractivity contribution in [1.82, 2.24) is 5.32 Å². The van der Waals surface area contributed by atoms with Crippen LogP contribution in [0, 0.1) is 0 Å². The molecule has 5 aromatic rings. The lowest BCUT2D eigenvalue weighted by Gasteiger charge is -2.15. The SMILES string of the molecule is O=C(NCc1ccccc1)c1ccccc1-c1ccccc1C(=O)Nc1cccc(Oc2ccccc2)c1. The zero-order valence-corrected chi connectivity index (χ0v) is 20.6. The fourth-order valence-electron chi connectivity index (χ4n) is 4.17. The van der Waals surface area contributed by atoms with Gasteiger partial charge >= 0.3 is 0 Å². The minimum absolute atomic E-state index is 0.203. The van der Waals surface area contributed by atoms with Gasteiger partial charge in [0.1, 0.15) is 11.5 Å². The first-order chi connectivity index (χ1) is 18.7. The van der Waals surface area contributed by atoms with Gasteiger partial charge in [-0.3, -0.25) is 9.59 Å². The van der Waals surface area contributed by atoms with Crippen LogP contribution in [0.5, 0.6) is 11.5 Å². The third-order valence-corrected chi connectivity index (χ3v) is 6.00. The summed E-state index contributed by atoms with van der Waals surface area (Å²) in [6, 6.07) is 41.1. The second kappa shape index (κ2) is 11.7. The van der Waals surface area contributed by atoms with Gasteiger partial charge < -0.3 is 15.4 Å². The van der Waals surface area contributed by atoms with Crippen LogP contribution >= 0.6 is 0 Å². The number of ether oxygens (including phenoxy) is 1. The van der Waals surface area contributed by atoms with Crippen molar-refractivity contribution in [2.45, 2.75) is 6.54 Å². The van der Waals surface area contributed by atoms with Gasteiger partial charge in [-0.25, -0.2) is 0 Å². The Balaban J connectivity index is 1.37. The van der Waals surface area contributed by atoms with Crippen LogP contribution in [0.4, 0.5) is 5.69 Å². The van der Waals surface area contributed by atoms with Gasteiger partial charge in [-0.1, -0.05) is 91.0 Å². The van der Waals surface area contributed by atoms with E-state index in [4.69, 9.17) is 4.74 Å². The molecule has 5 aromatic carbocycles. The number of hydrogen-bond donors (Lipinski definition) is 2. The highest BCUT2D eigenvalue weighted by Gasteiger charge is 2.18. The second-order valence-electron chi connectivity index (χ2n) is 8.66. The van der Waals surface area contributed by atoms with Gasteiger partial charge in [0.2, 0.25) is 0 Å². The van der Waals surface area contributed by atoms with Crippen LogP contribution in [0.15, 0.2) is 133 Å². The van der Waals surface area contributed by atoms with Crippen LogP contribution in [0.2, 0.25) is 0 Å². The Hall–Kier alpha value is -5.16. The van der Waals surface area contributed by atoms with Gasteiger partial charge in [0.25, 0.3) is 11.8 Å². The summed E-state index contributed by atoms with van der Waals surface area (Å²) < 4.78 is 5.90. The molecule has 186 valence electrons. The molecule has 5 nitrogen and oxygen atoms in total. The molecule has 0 aliphatic carbocycles. The lowest BCUT2D eigenvalue weighted by atomic mass is 9.94. The topological polar surface area (TPSA) is 67.4 Å². The van der Waals surface area contributed by atoms with E-state index in [2.05, 4.69) is 10.6 Å². The molecule has 0 atom stereocenters. The number of amides is 2. The Kier molecular flexibility index (Phi) is 7.56. The number of para-hydroxylation sites is 1. The molecule has 0 aliphatic rings. The smallest absolute Gasteiger partial charge is 0.256 e. The number of benzene rings is 5. The maximum atomic E-state index is 13.4. The summed E-state index contributed by atoms with van der Waals surface area (Å²) >= 11 is 0. The quantitative estimate of drug-likeness (QED) is 0.235. The van der Waals surface area contributed by atoms with E-state index >= 15 is 0 Å². The number of anilines is 1. The third-order valence-electron chi connectivity index (χ3n) is 6.00. The van der Waals surface area contributed by atoms with Crippen LogP contribution in [0.1, 0.15) is 26.3 Å². The van der Waals surface area contributed by atoms with E-state index in [0.717, 1.165) is 5.56 Å². The Morgan fingerprint density at radius 1 is 0.553 bits per heavy atom. The lowest BCUT2D eigenvalue weighted by molar-refractivity contribution is 0.0950. The predicted molar refractivity (Wildman–Crippen MR) is 150 cm³/mol. The van der Waals surface area contributed by atoms with Crippen LogP contribution in [-0.2, 0) is 6.54 Å². The van der Waals surface area contributed by atoms with E-state index in [1.54, 1.807) is 18.2 Å². The highest BCUT2D eigenvalue weighted by Crippen LogP contribution is 2.29. The van der Waals surface area contributed by atoms with Gasteiger partial charge in [0.15, 0.2) is 0 Å². The average Bonchev–Trinajstić information content (AvgIpc) is 2.97. The fraction of sp³-hybridized carbons (Fsp3) is 0.0303. The molecule has 0 fully saturated rings. The zero-order valence-electron chi connectivity index (χ0n) is 20.6. The first-order valence-corrected chi connectivity index (χ1v) is 12.3. The molecule has 0 heterocycles. The summed E-state index contributed by atoms with van der Waals surface area (Å²) in [4.78, 5) is 26.6. The van der Waals surface area contributed by atoms with Crippen LogP contribution in [0.3, 0.4) is 0 Å². The normalized spacial score (nSPS) is 10.4. The fourth-order valence-corrected chi connectivity index (χ4v) is 4.17. The van der Waals surface area contributed by atoms with Crippen molar-refractivity contribution in [2.24, 2.45) is 0 Å². The van der Waals surface area contributed by atoms with Gasteiger partial charge in [0.05, 0.1) is 0 Å². The highest BCUT2D eigenvalue weighted by molar-refractivity contribution is 6.11. The standard InChI is InChI=1S/C33H26N2O3/c36-32(34-23-24-12-3-1-4-13-24)30-20-9-7-18-28(30)29-19-8-10-21-31(29)33(37)35-25-14-11-17-27(22-25)38-26-15-5-2-6-16-26/h1-22H,23H2,(H,34,36)(H,35,37). The van der Waals surface area contributed by atoms with E-state index < -0.39 is 0 Å². The van der Waals surface area contributed by atoms with Crippen LogP contribution in [-0.4, -0.2) is 11.8 Å². The van der Waals surface area contributed by atoms with Crippen molar-refractivity contribution < 1.29 is 14.3 Å². The lowest BCUT2D eigenvalue weighted by Crippen LogP contribution is -2.23. The minimum atomic E-state index is -0.281. The summed E-state index contributed by atoms with van der Waals surface area (Å²) in [5.74, 6) is 0.841. The van der Waals surface area contributed by atoms with Crippen molar-refractivity contribution in [2.75, 3.05) is 5.32 Å². The number of hydrogen-bond acceptors (Lipinski definition) is 3. The van der Waals surface area contributed by atoms with Gasteiger partial charge in [0, 0.05) is 29.4 Å². The molecule has 0 aromatic heterocycles. The minimum Gasteiger partial charge on any atom is -0.457 e. The molecule has 0 bridgehead atoms. The summed E-state index contributed by atoms with van der Waals surface area (Å²) in [7, 11) is 0. The van der Waals surface area contributed by atoms with Gasteiger partial charge in [-0.05, 0) is 53.1 Å². The number of carbonyl (C=O) groups excluding carboxylic acids is 2. The van der Waals surface area contributed by atoms with Crippen molar-refractivity contribution in [3.8, 4) is 22.6 Å². The molecule has 5 rings (SSSR count). The Labute approximate surface area is 221 Å². The molecule has 38 heavy (non-hydrogen) atoms. The molecular weight excluding hydrogens is 472 g/mol. The first kappa shape index (κ1) is 24.5. The maximum absolute atomic E-state index is 13.4.